The predicted octanol–water partition coefficient (Wildman–Crippen LogP) is 3.21. The molecule has 0 saturated heterocycles. The molecular weight excluding hydrogens is 285 g/mol. The van der Waals surface area contributed by atoms with E-state index in [1.54, 1.807) is 5.38 Å². The first kappa shape index (κ1) is 14.1. The van der Waals surface area contributed by atoms with Crippen molar-refractivity contribution in [2.45, 2.75) is 30.4 Å². The van der Waals surface area contributed by atoms with E-state index < -0.39 is 15.7 Å². The summed E-state index contributed by atoms with van der Waals surface area (Å²) in [5.74, 6) is -0.586. The second-order valence-corrected chi connectivity index (χ2v) is 7.13. The fourth-order valence-electron chi connectivity index (χ4n) is 1.66. The van der Waals surface area contributed by atoms with Crippen molar-refractivity contribution in [2.75, 3.05) is 0 Å². The van der Waals surface area contributed by atoms with Gasteiger partial charge in [0.05, 0.1) is 21.3 Å². The number of hydrogen-bond donors (Lipinski definition) is 0. The monoisotopic (exact) mass is 299 g/mol. The maximum absolute atomic E-state index is 12.8. The number of aromatic nitrogens is 1. The van der Waals surface area contributed by atoms with Crippen molar-refractivity contribution in [3.8, 4) is 0 Å². The minimum atomic E-state index is -3.45. The van der Waals surface area contributed by atoms with Crippen LogP contribution >= 0.6 is 11.3 Å². The molecule has 2 rings (SSSR count). The molecular formula is C13H14FNO2S2. The van der Waals surface area contributed by atoms with Gasteiger partial charge in [0.15, 0.2) is 9.84 Å². The molecule has 0 unspecified atom stereocenters. The summed E-state index contributed by atoms with van der Waals surface area (Å²) < 4.78 is 37.0. The third-order valence-corrected chi connectivity index (χ3v) is 5.20. The molecule has 102 valence electrons. The third-order valence-electron chi connectivity index (χ3n) is 2.57. The van der Waals surface area contributed by atoms with Gasteiger partial charge in [-0.1, -0.05) is 6.92 Å². The molecule has 1 aromatic heterocycles. The van der Waals surface area contributed by atoms with Crippen molar-refractivity contribution in [3.05, 3.63) is 46.2 Å². The average molecular weight is 299 g/mol. The van der Waals surface area contributed by atoms with Gasteiger partial charge in [0.2, 0.25) is 0 Å². The molecule has 3 nitrogen and oxygen atoms in total. The van der Waals surface area contributed by atoms with E-state index in [1.807, 2.05) is 0 Å². The van der Waals surface area contributed by atoms with Gasteiger partial charge in [-0.3, -0.25) is 0 Å². The first-order valence-corrected chi connectivity index (χ1v) is 8.46. The molecule has 1 aromatic carbocycles. The molecule has 0 aliphatic rings. The fraction of sp³-hybridized carbons (Fsp3) is 0.308. The third kappa shape index (κ3) is 3.61. The van der Waals surface area contributed by atoms with Crippen molar-refractivity contribution in [1.82, 2.24) is 4.98 Å². The molecule has 0 spiro atoms. The quantitative estimate of drug-likeness (QED) is 0.796. The molecule has 6 heteroatoms. The summed E-state index contributed by atoms with van der Waals surface area (Å²) in [4.78, 5) is 4.42. The Bertz CT molecular complexity index is 648. The van der Waals surface area contributed by atoms with Gasteiger partial charge >= 0.3 is 0 Å². The highest BCUT2D eigenvalue weighted by Gasteiger charge is 2.17. The zero-order valence-corrected chi connectivity index (χ0v) is 12.1. The Labute approximate surface area is 116 Å². The van der Waals surface area contributed by atoms with Gasteiger partial charge in [-0.25, -0.2) is 17.8 Å². The standard InChI is InChI=1S/C13H14FNO2S2/c1-2-3-13-15-11(8-18-13)9-19(16,17)12-6-4-10(14)5-7-12/h4-8H,2-3,9H2,1H3. The van der Waals surface area contributed by atoms with Crippen molar-refractivity contribution >= 4 is 21.2 Å². The van der Waals surface area contributed by atoms with E-state index in [0.29, 0.717) is 5.69 Å². The van der Waals surface area contributed by atoms with Crippen LogP contribution in [0.5, 0.6) is 0 Å². The Kier molecular flexibility index (Phi) is 4.31. The van der Waals surface area contributed by atoms with Gasteiger partial charge in [-0.15, -0.1) is 11.3 Å². The molecule has 1 heterocycles. The first-order valence-electron chi connectivity index (χ1n) is 5.93. The molecule has 0 saturated carbocycles. The highest BCUT2D eigenvalue weighted by molar-refractivity contribution is 7.90. The lowest BCUT2D eigenvalue weighted by atomic mass is 10.3. The lowest BCUT2D eigenvalue weighted by Gasteiger charge is -2.02. The Morgan fingerprint density at radius 1 is 1.26 bits per heavy atom. The number of nitrogens with zero attached hydrogens (tertiary/aromatic N) is 1. The van der Waals surface area contributed by atoms with Gasteiger partial charge in [0.25, 0.3) is 0 Å². The van der Waals surface area contributed by atoms with Crippen LogP contribution in [0.4, 0.5) is 4.39 Å². The summed E-state index contributed by atoms with van der Waals surface area (Å²) in [6, 6.07) is 4.86. The Hall–Kier alpha value is -1.27. The topological polar surface area (TPSA) is 47.0 Å². The lowest BCUT2D eigenvalue weighted by Crippen LogP contribution is -2.05. The molecule has 0 N–H and O–H groups in total. The minimum absolute atomic E-state index is 0.124. The molecule has 0 aliphatic heterocycles. The van der Waals surface area contributed by atoms with Gasteiger partial charge in [-0.05, 0) is 37.1 Å². The number of thiazole rings is 1. The van der Waals surface area contributed by atoms with Crippen LogP contribution in [0.25, 0.3) is 0 Å². The Morgan fingerprint density at radius 2 is 1.95 bits per heavy atom. The predicted molar refractivity (Wildman–Crippen MR) is 73.4 cm³/mol. The Balaban J connectivity index is 2.18. The summed E-state index contributed by atoms with van der Waals surface area (Å²) in [6.07, 6.45) is 1.85. The largest absolute Gasteiger partial charge is 0.245 e. The number of rotatable bonds is 5. The van der Waals surface area contributed by atoms with Gasteiger partial charge in [-0.2, -0.15) is 0 Å². The van der Waals surface area contributed by atoms with Crippen LogP contribution in [-0.2, 0) is 22.0 Å². The zero-order valence-electron chi connectivity index (χ0n) is 10.5. The van der Waals surface area contributed by atoms with E-state index in [0.717, 1.165) is 30.0 Å². The van der Waals surface area contributed by atoms with Crippen molar-refractivity contribution in [1.29, 1.82) is 0 Å². The van der Waals surface area contributed by atoms with Gasteiger partial charge in [0.1, 0.15) is 5.82 Å². The Morgan fingerprint density at radius 3 is 2.58 bits per heavy atom. The molecule has 0 aliphatic carbocycles. The highest BCUT2D eigenvalue weighted by Crippen LogP contribution is 2.19. The summed E-state index contributed by atoms with van der Waals surface area (Å²) in [5.41, 5.74) is 0.553. The second-order valence-electron chi connectivity index (χ2n) is 4.20. The summed E-state index contributed by atoms with van der Waals surface area (Å²) in [7, 11) is -3.45. The van der Waals surface area contributed by atoms with E-state index in [4.69, 9.17) is 0 Å². The number of sulfone groups is 1. The number of aryl methyl sites for hydroxylation is 1. The lowest BCUT2D eigenvalue weighted by molar-refractivity contribution is 0.593. The highest BCUT2D eigenvalue weighted by atomic mass is 32.2. The van der Waals surface area contributed by atoms with Crippen LogP contribution in [0.15, 0.2) is 34.5 Å². The molecule has 0 radical (unpaired) electrons. The van der Waals surface area contributed by atoms with E-state index in [1.165, 1.54) is 23.5 Å². The van der Waals surface area contributed by atoms with Gasteiger partial charge < -0.3 is 0 Å². The SMILES string of the molecule is CCCc1nc(CS(=O)(=O)c2ccc(F)cc2)cs1. The average Bonchev–Trinajstić information content (AvgIpc) is 2.77. The molecule has 0 atom stereocenters. The zero-order chi connectivity index (χ0) is 13.9. The normalized spacial score (nSPS) is 11.7. The molecule has 0 amide bonds. The second kappa shape index (κ2) is 5.79. The van der Waals surface area contributed by atoms with Crippen LogP contribution in [0.3, 0.4) is 0 Å². The van der Waals surface area contributed by atoms with Crippen LogP contribution < -0.4 is 0 Å². The van der Waals surface area contributed by atoms with Gasteiger partial charge in [0, 0.05) is 5.38 Å². The van der Waals surface area contributed by atoms with Crippen molar-refractivity contribution in [3.63, 3.8) is 0 Å². The maximum atomic E-state index is 12.8. The van der Waals surface area contributed by atoms with Crippen LogP contribution in [0.2, 0.25) is 0 Å². The molecule has 0 fully saturated rings. The smallest absolute Gasteiger partial charge is 0.184 e. The van der Waals surface area contributed by atoms with Crippen LogP contribution in [0, 0.1) is 5.82 Å². The van der Waals surface area contributed by atoms with Crippen molar-refractivity contribution < 1.29 is 12.8 Å². The number of hydrogen-bond acceptors (Lipinski definition) is 4. The van der Waals surface area contributed by atoms with E-state index >= 15 is 0 Å². The maximum Gasteiger partial charge on any atom is 0.184 e. The number of halogens is 1. The van der Waals surface area contributed by atoms with Crippen molar-refractivity contribution in [2.24, 2.45) is 0 Å². The van der Waals surface area contributed by atoms with E-state index in [2.05, 4.69) is 11.9 Å². The molecule has 2 aromatic rings. The fourth-order valence-corrected chi connectivity index (χ4v) is 3.92. The van der Waals surface area contributed by atoms with Crippen LogP contribution in [0.1, 0.15) is 24.0 Å². The summed E-state index contributed by atoms with van der Waals surface area (Å²) in [5, 5.41) is 2.72. The minimum Gasteiger partial charge on any atom is -0.245 e. The van der Waals surface area contributed by atoms with Crippen LogP contribution in [-0.4, -0.2) is 13.4 Å². The molecule has 0 bridgehead atoms. The summed E-state index contributed by atoms with van der Waals surface area (Å²) in [6.45, 7) is 2.05. The summed E-state index contributed by atoms with van der Waals surface area (Å²) >= 11 is 1.48. The van der Waals surface area contributed by atoms with E-state index in [9.17, 15) is 12.8 Å². The van der Waals surface area contributed by atoms with E-state index in [-0.39, 0.29) is 10.6 Å². The molecule has 19 heavy (non-hydrogen) atoms. The number of benzene rings is 1. The first-order chi connectivity index (χ1) is 9.01.